The minimum absolute atomic E-state index is 0.0273. The van der Waals surface area contributed by atoms with Gasteiger partial charge in [-0.15, -0.1) is 5.11 Å². The monoisotopic (exact) mass is 341 g/mol. The molecule has 1 amide bonds. The van der Waals surface area contributed by atoms with Crippen molar-refractivity contribution >= 4 is 21.8 Å². The second-order valence-electron chi connectivity index (χ2n) is 4.87. The Kier molecular flexibility index (Phi) is 5.50. The van der Waals surface area contributed by atoms with Crippen LogP contribution in [0.25, 0.3) is 0 Å². The van der Waals surface area contributed by atoms with Crippen molar-refractivity contribution in [3.8, 4) is 0 Å². The maximum Gasteiger partial charge on any atom is 0.409 e. The predicted octanol–water partition coefficient (Wildman–Crippen LogP) is 1.11. The molecule has 0 aromatic heterocycles. The highest BCUT2D eigenvalue weighted by molar-refractivity contribution is 7.89. The van der Waals surface area contributed by atoms with Crippen molar-refractivity contribution in [2.24, 2.45) is 15.5 Å². The number of carbonyl (C=O) groups excluding carboxylic acids is 1. The van der Waals surface area contributed by atoms with Crippen molar-refractivity contribution in [3.05, 3.63) is 24.3 Å². The van der Waals surface area contributed by atoms with Crippen LogP contribution in [0.4, 0.5) is 10.5 Å². The summed E-state index contributed by atoms with van der Waals surface area (Å²) in [5, 5.41) is 14.9. The van der Waals surface area contributed by atoms with Crippen LogP contribution in [0.2, 0.25) is 0 Å². The molecule has 2 N–H and O–H groups in total. The number of hydrogen-bond donors (Lipinski definition) is 1. The zero-order valence-corrected chi connectivity index (χ0v) is 13.6. The van der Waals surface area contributed by atoms with E-state index in [1.165, 1.54) is 24.3 Å². The summed E-state index contributed by atoms with van der Waals surface area (Å²) in [6, 6.07) is 5.81. The Morgan fingerprint density at radius 3 is 2.35 bits per heavy atom. The molecule has 1 aromatic carbocycles. The second kappa shape index (κ2) is 7.38. The van der Waals surface area contributed by atoms with E-state index in [-0.39, 0.29) is 11.0 Å². The highest BCUT2D eigenvalue weighted by Gasteiger charge is 2.21. The fourth-order valence-corrected chi connectivity index (χ4v) is 2.52. The number of rotatable bonds is 4. The maximum atomic E-state index is 11.6. The van der Waals surface area contributed by atoms with Gasteiger partial charge in [0, 0.05) is 13.1 Å². The Labute approximate surface area is 134 Å². The molecule has 1 aromatic rings. The zero-order valence-electron chi connectivity index (χ0n) is 12.8. The highest BCUT2D eigenvalue weighted by atomic mass is 32.2. The molecule has 9 nitrogen and oxygen atoms in total. The molecule has 1 aliphatic heterocycles. The molecule has 0 bridgehead atoms. The number of nitrogens with zero attached hydrogens (tertiary/aromatic N) is 4. The molecular formula is C13H19N5O4S. The van der Waals surface area contributed by atoms with Gasteiger partial charge in [-0.1, -0.05) is 5.22 Å². The molecule has 0 spiro atoms. The molecule has 1 aliphatic rings. The third-order valence-corrected chi connectivity index (χ3v) is 4.16. The molecule has 126 valence electrons. The number of benzene rings is 1. The summed E-state index contributed by atoms with van der Waals surface area (Å²) in [4.78, 5) is 13.2. The molecule has 0 unspecified atom stereocenters. The lowest BCUT2D eigenvalue weighted by atomic mass is 10.3. The Morgan fingerprint density at radius 2 is 1.83 bits per heavy atom. The van der Waals surface area contributed by atoms with Gasteiger partial charge in [-0.25, -0.2) is 18.4 Å². The van der Waals surface area contributed by atoms with Gasteiger partial charge in [0.1, 0.15) is 0 Å². The number of primary sulfonamides is 1. The first kappa shape index (κ1) is 17.2. The largest absolute Gasteiger partial charge is 0.450 e. The van der Waals surface area contributed by atoms with Gasteiger partial charge < -0.3 is 9.64 Å². The van der Waals surface area contributed by atoms with E-state index < -0.39 is 10.0 Å². The Hall–Kier alpha value is -2.20. The lowest BCUT2D eigenvalue weighted by molar-refractivity contribution is 0.0784. The number of hydrogen-bond acceptors (Lipinski definition) is 6. The summed E-state index contributed by atoms with van der Waals surface area (Å²) < 4.78 is 27.2. The van der Waals surface area contributed by atoms with Crippen LogP contribution in [0.5, 0.6) is 0 Å². The van der Waals surface area contributed by atoms with Gasteiger partial charge in [0.05, 0.1) is 30.3 Å². The fraction of sp³-hybridized carbons (Fsp3) is 0.462. The lowest BCUT2D eigenvalue weighted by Crippen LogP contribution is -2.46. The highest BCUT2D eigenvalue weighted by Crippen LogP contribution is 2.16. The summed E-state index contributed by atoms with van der Waals surface area (Å²) in [6.45, 7) is 4.26. The van der Waals surface area contributed by atoms with Crippen molar-refractivity contribution in [1.82, 2.24) is 9.91 Å². The summed E-state index contributed by atoms with van der Waals surface area (Å²) in [7, 11) is -3.71. The summed E-state index contributed by atoms with van der Waals surface area (Å²) in [5.41, 5.74) is 0.519. The standard InChI is InChI=1S/C13H19N5O4S/c1-2-22-13(19)17-7-9-18(10-8-17)16-15-11-3-5-12(6-4-11)23(14,20)21/h3-6H,2,7-10H2,1H3,(H2,14,20,21). The molecule has 0 aliphatic carbocycles. The van der Waals surface area contributed by atoms with Crippen LogP contribution < -0.4 is 5.14 Å². The van der Waals surface area contributed by atoms with E-state index in [1.54, 1.807) is 16.8 Å². The van der Waals surface area contributed by atoms with E-state index in [0.717, 1.165) is 0 Å². The van der Waals surface area contributed by atoms with Crippen molar-refractivity contribution < 1.29 is 17.9 Å². The second-order valence-corrected chi connectivity index (χ2v) is 6.43. The average molecular weight is 341 g/mol. The van der Waals surface area contributed by atoms with E-state index in [2.05, 4.69) is 10.3 Å². The Morgan fingerprint density at radius 1 is 1.22 bits per heavy atom. The SMILES string of the molecule is CCOC(=O)N1CCN(N=Nc2ccc(S(N)(=O)=O)cc2)CC1. The molecular weight excluding hydrogens is 322 g/mol. The predicted molar refractivity (Wildman–Crippen MR) is 82.5 cm³/mol. The van der Waals surface area contributed by atoms with E-state index in [4.69, 9.17) is 9.88 Å². The fourth-order valence-electron chi connectivity index (χ4n) is 2.00. The van der Waals surface area contributed by atoms with Crippen molar-refractivity contribution in [3.63, 3.8) is 0 Å². The number of nitrogens with two attached hydrogens (primary N) is 1. The van der Waals surface area contributed by atoms with E-state index in [9.17, 15) is 13.2 Å². The van der Waals surface area contributed by atoms with Crippen LogP contribution in [0.1, 0.15) is 6.92 Å². The van der Waals surface area contributed by atoms with E-state index in [0.29, 0.717) is 38.5 Å². The average Bonchev–Trinajstić information content (AvgIpc) is 2.53. The molecule has 10 heteroatoms. The van der Waals surface area contributed by atoms with Crippen LogP contribution in [-0.2, 0) is 14.8 Å². The number of sulfonamides is 1. The molecule has 0 radical (unpaired) electrons. The van der Waals surface area contributed by atoms with Gasteiger partial charge in [-0.3, -0.25) is 5.01 Å². The first-order chi connectivity index (χ1) is 10.9. The van der Waals surface area contributed by atoms with Crippen LogP contribution in [0.15, 0.2) is 39.5 Å². The summed E-state index contributed by atoms with van der Waals surface area (Å²) in [6.07, 6.45) is -0.317. The number of ether oxygens (including phenoxy) is 1. The molecule has 1 saturated heterocycles. The molecule has 0 atom stereocenters. The van der Waals surface area contributed by atoms with Crippen LogP contribution in [-0.4, -0.2) is 57.2 Å². The number of carbonyl (C=O) groups is 1. The summed E-state index contributed by atoms with van der Waals surface area (Å²) >= 11 is 0. The third-order valence-electron chi connectivity index (χ3n) is 3.23. The normalized spacial score (nSPS) is 15.9. The Bertz CT molecular complexity index is 666. The van der Waals surface area contributed by atoms with Crippen molar-refractivity contribution in [2.75, 3.05) is 32.8 Å². The molecule has 0 saturated carbocycles. The first-order valence-electron chi connectivity index (χ1n) is 7.11. The van der Waals surface area contributed by atoms with Crippen molar-refractivity contribution in [2.45, 2.75) is 11.8 Å². The quantitative estimate of drug-likeness (QED) is 0.823. The van der Waals surface area contributed by atoms with E-state index in [1.807, 2.05) is 0 Å². The van der Waals surface area contributed by atoms with Crippen LogP contribution in [0, 0.1) is 0 Å². The third kappa shape index (κ3) is 4.89. The van der Waals surface area contributed by atoms with Crippen molar-refractivity contribution in [1.29, 1.82) is 0 Å². The van der Waals surface area contributed by atoms with E-state index >= 15 is 0 Å². The first-order valence-corrected chi connectivity index (χ1v) is 8.66. The van der Waals surface area contributed by atoms with Crippen LogP contribution >= 0.6 is 0 Å². The molecule has 1 heterocycles. The summed E-state index contributed by atoms with van der Waals surface area (Å²) in [5.74, 6) is 0. The maximum absolute atomic E-state index is 11.6. The van der Waals surface area contributed by atoms with Gasteiger partial charge in [-0.2, -0.15) is 0 Å². The Balaban J connectivity index is 1.89. The number of piperazine rings is 1. The smallest absolute Gasteiger partial charge is 0.409 e. The molecule has 23 heavy (non-hydrogen) atoms. The van der Waals surface area contributed by atoms with Crippen LogP contribution in [0.3, 0.4) is 0 Å². The lowest BCUT2D eigenvalue weighted by Gasteiger charge is -2.31. The molecule has 2 rings (SSSR count). The van der Waals surface area contributed by atoms with Gasteiger partial charge in [0.15, 0.2) is 0 Å². The zero-order chi connectivity index (χ0) is 16.9. The molecule has 1 fully saturated rings. The van der Waals surface area contributed by atoms with Gasteiger partial charge in [0.2, 0.25) is 10.0 Å². The van der Waals surface area contributed by atoms with Gasteiger partial charge >= 0.3 is 6.09 Å². The minimum Gasteiger partial charge on any atom is -0.450 e. The number of amides is 1. The topological polar surface area (TPSA) is 118 Å². The van der Waals surface area contributed by atoms with Gasteiger partial charge in [0.25, 0.3) is 0 Å². The van der Waals surface area contributed by atoms with Gasteiger partial charge in [-0.05, 0) is 31.2 Å². The minimum atomic E-state index is -3.71.